The molecule has 106 valence electrons. The number of hydrogen-bond acceptors (Lipinski definition) is 3. The Bertz CT molecular complexity index is 428. The van der Waals surface area contributed by atoms with E-state index in [-0.39, 0.29) is 24.8 Å². The minimum absolute atomic E-state index is 0.0329. The first kappa shape index (κ1) is 15.2. The molecule has 0 bridgehead atoms. The number of aliphatic hydroxyl groups excluding tert-OH is 1. The van der Waals surface area contributed by atoms with E-state index in [1.54, 1.807) is 24.2 Å². The number of aromatic nitrogens is 1. The quantitative estimate of drug-likeness (QED) is 0.683. The lowest BCUT2D eigenvalue weighted by Crippen LogP contribution is -2.31. The van der Waals surface area contributed by atoms with E-state index in [0.717, 1.165) is 19.3 Å². The van der Waals surface area contributed by atoms with Gasteiger partial charge in [0.15, 0.2) is 0 Å². The molecule has 0 unspecified atom stereocenters. The van der Waals surface area contributed by atoms with E-state index in [1.165, 1.54) is 10.6 Å². The number of likely N-dealkylation sites (N-methyl/N-ethyl adjacent to an activating group) is 1. The largest absolute Gasteiger partial charge is 0.477 e. The number of hydrogen-bond donors (Lipinski definition) is 2. The van der Waals surface area contributed by atoms with Crippen molar-refractivity contribution in [2.45, 2.75) is 25.8 Å². The van der Waals surface area contributed by atoms with Crippen LogP contribution in [0.5, 0.6) is 0 Å². The van der Waals surface area contributed by atoms with Gasteiger partial charge in [0.2, 0.25) is 5.91 Å². The lowest BCUT2D eigenvalue weighted by atomic mass is 10.2. The molecule has 19 heavy (non-hydrogen) atoms. The van der Waals surface area contributed by atoms with Crippen LogP contribution < -0.4 is 0 Å². The van der Waals surface area contributed by atoms with Crippen molar-refractivity contribution in [2.75, 3.05) is 20.2 Å². The molecule has 0 aliphatic heterocycles. The molecule has 2 N–H and O–H groups in total. The zero-order valence-corrected chi connectivity index (χ0v) is 11.1. The molecule has 1 amide bonds. The van der Waals surface area contributed by atoms with Gasteiger partial charge in [0.1, 0.15) is 12.2 Å². The lowest BCUT2D eigenvalue weighted by Gasteiger charge is -2.18. The summed E-state index contributed by atoms with van der Waals surface area (Å²) in [4.78, 5) is 24.4. The molecular formula is C13H20N2O4. The van der Waals surface area contributed by atoms with Gasteiger partial charge in [0, 0.05) is 26.4 Å². The molecule has 0 fully saturated rings. The van der Waals surface area contributed by atoms with Crippen LogP contribution in [0.2, 0.25) is 0 Å². The Kier molecular flexibility index (Phi) is 6.08. The van der Waals surface area contributed by atoms with E-state index in [9.17, 15) is 9.59 Å². The highest BCUT2D eigenvalue weighted by Gasteiger charge is 2.14. The van der Waals surface area contributed by atoms with E-state index in [0.29, 0.717) is 6.54 Å². The van der Waals surface area contributed by atoms with Gasteiger partial charge in [-0.1, -0.05) is 0 Å². The summed E-state index contributed by atoms with van der Waals surface area (Å²) >= 11 is 0. The Morgan fingerprint density at radius 2 is 2.05 bits per heavy atom. The van der Waals surface area contributed by atoms with Crippen LogP contribution in [0.25, 0.3) is 0 Å². The van der Waals surface area contributed by atoms with Gasteiger partial charge >= 0.3 is 5.97 Å². The van der Waals surface area contributed by atoms with Crippen LogP contribution in [0.3, 0.4) is 0 Å². The molecule has 1 heterocycles. The van der Waals surface area contributed by atoms with Gasteiger partial charge in [0.25, 0.3) is 0 Å². The van der Waals surface area contributed by atoms with Gasteiger partial charge in [0.05, 0.1) is 0 Å². The summed E-state index contributed by atoms with van der Waals surface area (Å²) in [5.41, 5.74) is 0.113. The summed E-state index contributed by atoms with van der Waals surface area (Å²) in [5.74, 6) is -1.16. The van der Waals surface area contributed by atoms with Crippen molar-refractivity contribution in [3.63, 3.8) is 0 Å². The number of carboxylic acids is 1. The van der Waals surface area contributed by atoms with Crippen molar-refractivity contribution >= 4 is 11.9 Å². The zero-order valence-electron chi connectivity index (χ0n) is 11.1. The molecule has 0 aliphatic rings. The van der Waals surface area contributed by atoms with Crippen molar-refractivity contribution in [1.29, 1.82) is 0 Å². The maximum atomic E-state index is 11.9. The van der Waals surface area contributed by atoms with E-state index in [1.807, 2.05) is 0 Å². The third-order valence-corrected chi connectivity index (χ3v) is 2.93. The van der Waals surface area contributed by atoms with Crippen molar-refractivity contribution in [1.82, 2.24) is 9.47 Å². The number of nitrogens with zero attached hydrogens (tertiary/aromatic N) is 2. The molecule has 6 nitrogen and oxygen atoms in total. The second kappa shape index (κ2) is 7.58. The second-order valence-electron chi connectivity index (χ2n) is 4.43. The Balaban J connectivity index is 2.45. The van der Waals surface area contributed by atoms with Gasteiger partial charge in [-0.25, -0.2) is 4.79 Å². The number of amides is 1. The SMILES string of the molecule is CN(CCCCCO)C(=O)Cn1cccc1C(=O)O. The first-order valence-electron chi connectivity index (χ1n) is 6.29. The Morgan fingerprint density at radius 1 is 1.32 bits per heavy atom. The van der Waals surface area contributed by atoms with Crippen molar-refractivity contribution < 1.29 is 19.8 Å². The molecule has 1 aromatic rings. The average molecular weight is 268 g/mol. The van der Waals surface area contributed by atoms with Gasteiger partial charge in [-0.2, -0.15) is 0 Å². The van der Waals surface area contributed by atoms with E-state index < -0.39 is 5.97 Å². The first-order valence-corrected chi connectivity index (χ1v) is 6.29. The molecule has 0 aliphatic carbocycles. The monoisotopic (exact) mass is 268 g/mol. The van der Waals surface area contributed by atoms with E-state index in [4.69, 9.17) is 10.2 Å². The molecular weight excluding hydrogens is 248 g/mol. The van der Waals surface area contributed by atoms with Crippen LogP contribution in [-0.2, 0) is 11.3 Å². The Hall–Kier alpha value is -1.82. The topological polar surface area (TPSA) is 82.8 Å². The molecule has 0 radical (unpaired) electrons. The fourth-order valence-corrected chi connectivity index (χ4v) is 1.77. The normalized spacial score (nSPS) is 10.4. The second-order valence-corrected chi connectivity index (χ2v) is 4.43. The number of aromatic carboxylic acids is 1. The predicted molar refractivity (Wildman–Crippen MR) is 70.0 cm³/mol. The van der Waals surface area contributed by atoms with Crippen LogP contribution in [-0.4, -0.2) is 51.8 Å². The van der Waals surface area contributed by atoms with Crippen LogP contribution >= 0.6 is 0 Å². The molecule has 0 saturated heterocycles. The number of carboxylic acid groups (broad SMARTS) is 1. The van der Waals surface area contributed by atoms with Gasteiger partial charge in [-0.15, -0.1) is 0 Å². The number of rotatable bonds is 8. The predicted octanol–water partition coefficient (Wildman–Crippen LogP) is 0.807. The summed E-state index contributed by atoms with van der Waals surface area (Å²) in [7, 11) is 1.70. The number of unbranched alkanes of at least 4 members (excludes halogenated alkanes) is 2. The number of carbonyl (C=O) groups is 2. The first-order chi connectivity index (χ1) is 9.06. The van der Waals surface area contributed by atoms with Crippen LogP contribution in [0.15, 0.2) is 18.3 Å². The standard InChI is InChI=1S/C13H20N2O4/c1-14(7-3-2-4-9-16)12(17)10-15-8-5-6-11(15)13(18)19/h5-6,8,16H,2-4,7,9-10H2,1H3,(H,18,19). The minimum atomic E-state index is -1.04. The molecule has 0 aromatic carbocycles. The maximum absolute atomic E-state index is 11.9. The van der Waals surface area contributed by atoms with Crippen molar-refractivity contribution in [2.24, 2.45) is 0 Å². The summed E-state index contributed by atoms with van der Waals surface area (Å²) in [6.45, 7) is 0.816. The average Bonchev–Trinajstić information content (AvgIpc) is 2.82. The zero-order chi connectivity index (χ0) is 14.3. The lowest BCUT2D eigenvalue weighted by molar-refractivity contribution is -0.130. The highest BCUT2D eigenvalue weighted by molar-refractivity contribution is 5.86. The maximum Gasteiger partial charge on any atom is 0.352 e. The minimum Gasteiger partial charge on any atom is -0.477 e. The van der Waals surface area contributed by atoms with Gasteiger partial charge in [-0.3, -0.25) is 4.79 Å². The smallest absolute Gasteiger partial charge is 0.352 e. The summed E-state index contributed by atoms with van der Waals surface area (Å²) in [6, 6.07) is 3.08. The molecule has 0 saturated carbocycles. The number of carbonyl (C=O) groups excluding carboxylic acids is 1. The third-order valence-electron chi connectivity index (χ3n) is 2.93. The highest BCUT2D eigenvalue weighted by atomic mass is 16.4. The highest BCUT2D eigenvalue weighted by Crippen LogP contribution is 2.04. The van der Waals surface area contributed by atoms with Gasteiger partial charge in [-0.05, 0) is 31.4 Å². The number of aliphatic hydroxyl groups is 1. The van der Waals surface area contributed by atoms with Crippen molar-refractivity contribution in [3.05, 3.63) is 24.0 Å². The molecule has 6 heteroatoms. The van der Waals surface area contributed by atoms with Crippen LogP contribution in [0.4, 0.5) is 0 Å². The summed E-state index contributed by atoms with van der Waals surface area (Å²) < 4.78 is 1.43. The van der Waals surface area contributed by atoms with Crippen LogP contribution in [0, 0.1) is 0 Å². The van der Waals surface area contributed by atoms with Gasteiger partial charge < -0.3 is 19.7 Å². The van der Waals surface area contributed by atoms with Crippen molar-refractivity contribution in [3.8, 4) is 0 Å². The fraction of sp³-hybridized carbons (Fsp3) is 0.538. The molecule has 1 rings (SSSR count). The van der Waals surface area contributed by atoms with Crippen LogP contribution in [0.1, 0.15) is 29.8 Å². The summed E-state index contributed by atoms with van der Waals surface area (Å²) in [6.07, 6.45) is 4.03. The molecule has 1 aromatic heterocycles. The Morgan fingerprint density at radius 3 is 2.68 bits per heavy atom. The fourth-order valence-electron chi connectivity index (χ4n) is 1.77. The Labute approximate surface area is 112 Å². The molecule has 0 spiro atoms. The third kappa shape index (κ3) is 4.75. The summed E-state index contributed by atoms with van der Waals surface area (Å²) in [5, 5.41) is 17.6. The van der Waals surface area contributed by atoms with E-state index >= 15 is 0 Å². The molecule has 0 atom stereocenters. The van der Waals surface area contributed by atoms with E-state index in [2.05, 4.69) is 0 Å².